The van der Waals surface area contributed by atoms with Gasteiger partial charge in [0.05, 0.1) is 11.1 Å². The minimum Gasteiger partial charge on any atom is -0.376 e. The van der Waals surface area contributed by atoms with Gasteiger partial charge in [-0.25, -0.2) is 0 Å². The average Bonchev–Trinajstić information content (AvgIpc) is 2.41. The smallest absolute Gasteiger partial charge is 0.263 e. The van der Waals surface area contributed by atoms with Crippen molar-refractivity contribution < 1.29 is 14.7 Å². The molecule has 1 heterocycles. The second-order valence-electron chi connectivity index (χ2n) is 2.73. The van der Waals surface area contributed by atoms with E-state index in [1.807, 2.05) is 0 Å². The average molecular weight is 214 g/mol. The molecule has 1 aliphatic heterocycles. The lowest BCUT2D eigenvalue weighted by Gasteiger charge is -2.07. The van der Waals surface area contributed by atoms with E-state index in [4.69, 9.17) is 5.11 Å². The van der Waals surface area contributed by atoms with Crippen molar-refractivity contribution in [3.05, 3.63) is 35.4 Å². The van der Waals surface area contributed by atoms with Crippen molar-refractivity contribution in [2.24, 2.45) is 0 Å². The van der Waals surface area contributed by atoms with Crippen LogP contribution in [0.5, 0.6) is 0 Å². The first kappa shape index (κ1) is 10.7. The topological polar surface area (TPSA) is 57.6 Å². The zero-order valence-electron chi connectivity index (χ0n) is 7.14. The summed E-state index contributed by atoms with van der Waals surface area (Å²) in [5.41, 5.74) is 0.725. The van der Waals surface area contributed by atoms with E-state index in [0.717, 1.165) is 4.90 Å². The number of amides is 2. The molecule has 0 aromatic heterocycles. The summed E-state index contributed by atoms with van der Waals surface area (Å²) in [6.45, 7) is -0.563. The summed E-state index contributed by atoms with van der Waals surface area (Å²) in [7, 11) is 0. The summed E-state index contributed by atoms with van der Waals surface area (Å²) >= 11 is 0. The van der Waals surface area contributed by atoms with Crippen molar-refractivity contribution in [2.45, 2.75) is 0 Å². The Hall–Kier alpha value is -1.39. The summed E-state index contributed by atoms with van der Waals surface area (Å²) in [5, 5.41) is 8.76. The summed E-state index contributed by atoms with van der Waals surface area (Å²) in [6.07, 6.45) is 0. The first-order valence-electron chi connectivity index (χ1n) is 3.82. The standard InChI is InChI=1S/C9H7NO3.ClH/c11-5-10-8(12)6-3-1-2-4-7(6)9(10)13;/h1-4,11H,5H2;1H. The number of benzene rings is 1. The first-order valence-corrected chi connectivity index (χ1v) is 3.82. The van der Waals surface area contributed by atoms with Gasteiger partial charge in [0.2, 0.25) is 0 Å². The van der Waals surface area contributed by atoms with Crippen LogP contribution in [0.3, 0.4) is 0 Å². The lowest BCUT2D eigenvalue weighted by atomic mass is 10.1. The molecule has 0 fully saturated rings. The fourth-order valence-corrected chi connectivity index (χ4v) is 1.37. The third-order valence-corrected chi connectivity index (χ3v) is 2.02. The number of imide groups is 1. The first-order chi connectivity index (χ1) is 6.25. The van der Waals surface area contributed by atoms with Gasteiger partial charge in [0.25, 0.3) is 11.8 Å². The molecule has 0 atom stereocenters. The maximum absolute atomic E-state index is 11.4. The van der Waals surface area contributed by atoms with Gasteiger partial charge < -0.3 is 5.11 Å². The molecule has 4 nitrogen and oxygen atoms in total. The molecule has 0 saturated carbocycles. The monoisotopic (exact) mass is 213 g/mol. The Morgan fingerprint density at radius 1 is 1.07 bits per heavy atom. The van der Waals surface area contributed by atoms with Crippen molar-refractivity contribution in [1.29, 1.82) is 0 Å². The van der Waals surface area contributed by atoms with E-state index in [0.29, 0.717) is 11.1 Å². The number of halogens is 1. The largest absolute Gasteiger partial charge is 0.376 e. The van der Waals surface area contributed by atoms with Crippen LogP contribution in [-0.4, -0.2) is 28.6 Å². The quantitative estimate of drug-likeness (QED) is 0.697. The molecule has 2 amide bonds. The molecule has 74 valence electrons. The van der Waals surface area contributed by atoms with Crippen molar-refractivity contribution in [3.8, 4) is 0 Å². The van der Waals surface area contributed by atoms with E-state index in [1.165, 1.54) is 0 Å². The maximum atomic E-state index is 11.4. The summed E-state index contributed by atoms with van der Waals surface area (Å²) in [6, 6.07) is 6.52. The van der Waals surface area contributed by atoms with Crippen LogP contribution in [0, 0.1) is 0 Å². The molecule has 1 N–H and O–H groups in total. The van der Waals surface area contributed by atoms with Crippen LogP contribution < -0.4 is 0 Å². The Morgan fingerprint density at radius 3 is 1.86 bits per heavy atom. The lowest BCUT2D eigenvalue weighted by molar-refractivity contribution is 0.0490. The fourth-order valence-electron chi connectivity index (χ4n) is 1.37. The number of fused-ring (bicyclic) bond motifs is 1. The normalized spacial score (nSPS) is 13.9. The van der Waals surface area contributed by atoms with Gasteiger partial charge in [-0.2, -0.15) is 0 Å². The van der Waals surface area contributed by atoms with Gasteiger partial charge in [0.1, 0.15) is 6.73 Å². The third kappa shape index (κ3) is 1.29. The maximum Gasteiger partial charge on any atom is 0.263 e. The highest BCUT2D eigenvalue weighted by atomic mass is 35.5. The molecular weight excluding hydrogens is 206 g/mol. The second kappa shape index (κ2) is 3.77. The summed E-state index contributed by atoms with van der Waals surface area (Å²) < 4.78 is 0. The van der Waals surface area contributed by atoms with E-state index in [-0.39, 0.29) is 12.4 Å². The van der Waals surface area contributed by atoms with E-state index in [1.54, 1.807) is 24.3 Å². The number of hydrogen-bond donors (Lipinski definition) is 1. The van der Waals surface area contributed by atoms with Crippen LogP contribution in [-0.2, 0) is 0 Å². The molecular formula is C9H8ClNO3. The number of nitrogens with zero attached hydrogens (tertiary/aromatic N) is 1. The van der Waals surface area contributed by atoms with Crippen LogP contribution in [0.4, 0.5) is 0 Å². The zero-order valence-corrected chi connectivity index (χ0v) is 7.95. The Labute approximate surface area is 86.6 Å². The molecule has 0 unspecified atom stereocenters. The Morgan fingerprint density at radius 2 is 1.50 bits per heavy atom. The molecule has 0 spiro atoms. The van der Waals surface area contributed by atoms with Crippen LogP contribution in [0.1, 0.15) is 20.7 Å². The van der Waals surface area contributed by atoms with E-state index in [9.17, 15) is 9.59 Å². The summed E-state index contributed by atoms with van der Waals surface area (Å²) in [4.78, 5) is 23.6. The van der Waals surface area contributed by atoms with Gasteiger partial charge in [-0.1, -0.05) is 12.1 Å². The number of aliphatic hydroxyl groups excluding tert-OH is 1. The van der Waals surface area contributed by atoms with Crippen molar-refractivity contribution in [1.82, 2.24) is 4.90 Å². The molecule has 0 bridgehead atoms. The molecule has 0 aliphatic carbocycles. The third-order valence-electron chi connectivity index (χ3n) is 2.02. The van der Waals surface area contributed by atoms with Crippen molar-refractivity contribution in [2.75, 3.05) is 6.73 Å². The lowest BCUT2D eigenvalue weighted by Crippen LogP contribution is -2.30. The second-order valence-corrected chi connectivity index (χ2v) is 2.73. The predicted molar refractivity (Wildman–Crippen MR) is 51.3 cm³/mol. The van der Waals surface area contributed by atoms with Gasteiger partial charge in [0.15, 0.2) is 0 Å². The highest BCUT2D eigenvalue weighted by Crippen LogP contribution is 2.21. The summed E-state index contributed by atoms with van der Waals surface area (Å²) in [5.74, 6) is -0.855. The molecule has 14 heavy (non-hydrogen) atoms. The molecule has 5 heteroatoms. The highest BCUT2D eigenvalue weighted by Gasteiger charge is 2.34. The predicted octanol–water partition coefficient (Wildman–Crippen LogP) is 0.654. The van der Waals surface area contributed by atoms with Gasteiger partial charge in [0, 0.05) is 0 Å². The Bertz CT molecular complexity index is 356. The van der Waals surface area contributed by atoms with E-state index in [2.05, 4.69) is 0 Å². The Balaban J connectivity index is 0.000000980. The van der Waals surface area contributed by atoms with Gasteiger partial charge in [-0.15, -0.1) is 12.4 Å². The van der Waals surface area contributed by atoms with Crippen LogP contribution >= 0.6 is 12.4 Å². The number of carbonyl (C=O) groups is 2. The van der Waals surface area contributed by atoms with Crippen LogP contribution in [0.25, 0.3) is 0 Å². The zero-order chi connectivity index (χ0) is 9.42. The van der Waals surface area contributed by atoms with Gasteiger partial charge >= 0.3 is 0 Å². The molecule has 0 radical (unpaired) electrons. The van der Waals surface area contributed by atoms with Crippen molar-refractivity contribution in [3.63, 3.8) is 0 Å². The fraction of sp³-hybridized carbons (Fsp3) is 0.111. The van der Waals surface area contributed by atoms with E-state index >= 15 is 0 Å². The van der Waals surface area contributed by atoms with Gasteiger partial charge in [-0.05, 0) is 12.1 Å². The Kier molecular flexibility index (Phi) is 2.88. The molecule has 0 saturated heterocycles. The van der Waals surface area contributed by atoms with Crippen molar-refractivity contribution >= 4 is 24.2 Å². The molecule has 1 aliphatic rings. The van der Waals surface area contributed by atoms with Crippen LogP contribution in [0.2, 0.25) is 0 Å². The molecule has 1 aromatic carbocycles. The minimum absolute atomic E-state index is 0. The van der Waals surface area contributed by atoms with Crippen LogP contribution in [0.15, 0.2) is 24.3 Å². The SMILES string of the molecule is Cl.O=C1c2ccccc2C(=O)N1CO. The number of aliphatic hydroxyl groups is 1. The number of carbonyl (C=O) groups excluding carboxylic acids is 2. The number of rotatable bonds is 1. The van der Waals surface area contributed by atoms with E-state index < -0.39 is 18.5 Å². The number of hydrogen-bond acceptors (Lipinski definition) is 3. The highest BCUT2D eigenvalue weighted by molar-refractivity contribution is 6.21. The van der Waals surface area contributed by atoms with Gasteiger partial charge in [-0.3, -0.25) is 14.5 Å². The molecule has 1 aromatic rings. The minimum atomic E-state index is -0.563. The molecule has 2 rings (SSSR count).